The molecule has 5 rings (SSSR count). The Morgan fingerprint density at radius 3 is 2.21 bits per heavy atom. The van der Waals surface area contributed by atoms with Gasteiger partial charge in [0.05, 0.1) is 37.4 Å². The van der Waals surface area contributed by atoms with Crippen LogP contribution in [0, 0.1) is 11.8 Å². The Kier molecular flexibility index (Phi) is 26.7. The fourth-order valence-corrected chi connectivity index (χ4v) is 9.93. The number of anilines is 1. The molecular weight excluding hydrogens is 1110 g/mol. The first-order valence-electron chi connectivity index (χ1n) is 28.9. The van der Waals surface area contributed by atoms with Crippen LogP contribution in [0.25, 0.3) is 0 Å². The zero-order valence-electron chi connectivity index (χ0n) is 49.4. The van der Waals surface area contributed by atoms with E-state index in [1.807, 2.05) is 26.0 Å². The van der Waals surface area contributed by atoms with Gasteiger partial charge in [0.2, 0.25) is 35.6 Å². The second-order valence-electron chi connectivity index (χ2n) is 22.4. The summed E-state index contributed by atoms with van der Waals surface area (Å²) in [6.07, 6.45) is 5.83. The van der Waals surface area contributed by atoms with Crippen LogP contribution in [0.5, 0.6) is 0 Å². The minimum absolute atomic E-state index is 0.0304. The minimum Gasteiger partial charge on any atom is -0.459 e. The first kappa shape index (κ1) is 68.2. The molecule has 85 heavy (non-hydrogen) atoms. The van der Waals surface area contributed by atoms with Gasteiger partial charge in [-0.3, -0.25) is 48.6 Å². The number of hydrogen-bond donors (Lipinski definition) is 9. The summed E-state index contributed by atoms with van der Waals surface area (Å²) in [5.41, 5.74) is 10.6. The van der Waals surface area contributed by atoms with Gasteiger partial charge in [0.1, 0.15) is 42.6 Å². The van der Waals surface area contributed by atoms with Crippen molar-refractivity contribution >= 4 is 70.9 Å². The summed E-state index contributed by atoms with van der Waals surface area (Å²) >= 11 is 0. The Morgan fingerprint density at radius 1 is 0.859 bits per heavy atom. The molecule has 3 aliphatic heterocycles. The first-order valence-corrected chi connectivity index (χ1v) is 28.9. The number of nitrogens with two attached hydrogens (primary N) is 1. The molecule has 26 nitrogen and oxygen atoms in total. The maximum absolute atomic E-state index is 13.6. The van der Waals surface area contributed by atoms with Gasteiger partial charge >= 0.3 is 24.1 Å². The van der Waals surface area contributed by atoms with Crippen molar-refractivity contribution in [2.75, 3.05) is 18.5 Å². The summed E-state index contributed by atoms with van der Waals surface area (Å²) in [5.74, 6) is -4.73. The molecule has 1 aromatic rings. The molecule has 4 aliphatic rings. The largest absolute Gasteiger partial charge is 0.459 e. The Balaban J connectivity index is 1.03. The molecule has 3 saturated heterocycles. The number of unbranched alkanes of at least 4 members (excludes halogenated alkanes) is 2. The van der Waals surface area contributed by atoms with E-state index in [4.69, 9.17) is 34.2 Å². The third-order valence-electron chi connectivity index (χ3n) is 14.8. The standard InChI is InChI=1S/C59H84N8O18/c1-33(2)52(65-48(71)13-9-8-10-14-51(74)85-53-44(69)22-23-45(53)70)56(77)64-42(12-11-27-61-57(60)78)55(76)62-40-20-18-39(19-21-40)31-80-58(79)67-66-50(73)29-41-30-59(32-81-59)54(75)47(84-41)25-16-34(3)15-24-46-35(4)28-43(37(6)83-46)63-49(72)26-17-36(5)82-38(7)68/h15-21,25-26,33,35-37,41-43,46-47,52-54,75H,8-14,22-24,27-32H2,1-7H3,(H,62,76)(H,63,72)(H,64,77)(H,65,71)(H,66,73)(H,67,79)(H3,60,61,78)/b25-16+,26-17-,34-15+/t35-,36-,37+,41+,42-,43+,46-,47+,52-,54+,59+/m0/s1. The lowest BCUT2D eigenvalue weighted by atomic mass is 9.87. The van der Waals surface area contributed by atoms with E-state index >= 15 is 0 Å². The van der Waals surface area contributed by atoms with Crippen LogP contribution in [-0.2, 0) is 78.2 Å². The van der Waals surface area contributed by atoms with Crippen molar-refractivity contribution < 1.29 is 86.3 Å². The van der Waals surface area contributed by atoms with Crippen molar-refractivity contribution in [3.05, 3.63) is 65.8 Å². The predicted molar refractivity (Wildman–Crippen MR) is 305 cm³/mol. The number of nitrogens with one attached hydrogen (secondary N) is 7. The number of urea groups is 1. The number of allylic oxidation sites excluding steroid dienone is 2. The number of primary amides is 1. The molecule has 11 atom stereocenters. The van der Waals surface area contributed by atoms with E-state index in [1.54, 1.807) is 51.1 Å². The average Bonchev–Trinajstić information content (AvgIpc) is 2.26. The Bertz CT molecular complexity index is 2620. The molecule has 1 saturated carbocycles. The molecule has 1 aromatic carbocycles. The van der Waals surface area contributed by atoms with Crippen LogP contribution in [0.15, 0.2) is 60.2 Å². The van der Waals surface area contributed by atoms with E-state index in [0.717, 1.165) is 5.57 Å². The van der Waals surface area contributed by atoms with Gasteiger partial charge in [-0.25, -0.2) is 15.0 Å². The topological polar surface area (TPSA) is 377 Å². The number of esters is 2. The highest BCUT2D eigenvalue weighted by molar-refractivity contribution is 6.12. The van der Waals surface area contributed by atoms with Crippen LogP contribution in [0.2, 0.25) is 0 Å². The highest BCUT2D eigenvalue weighted by Crippen LogP contribution is 2.43. The molecule has 26 heteroatoms. The van der Waals surface area contributed by atoms with Crippen molar-refractivity contribution in [3.63, 3.8) is 0 Å². The first-order chi connectivity index (χ1) is 40.3. The number of epoxide rings is 1. The predicted octanol–water partition coefficient (Wildman–Crippen LogP) is 3.13. The number of carbonyl (C=O) groups excluding carboxylic acids is 11. The third kappa shape index (κ3) is 23.1. The van der Waals surface area contributed by atoms with E-state index in [-0.39, 0.29) is 101 Å². The second kappa shape index (κ2) is 33.2. The molecule has 8 amide bonds. The van der Waals surface area contributed by atoms with Gasteiger partial charge in [0, 0.05) is 57.3 Å². The number of ether oxygens (including phenoxy) is 6. The highest BCUT2D eigenvalue weighted by atomic mass is 16.6. The molecule has 0 radical (unpaired) electrons. The molecule has 0 unspecified atom stereocenters. The van der Waals surface area contributed by atoms with Crippen LogP contribution in [0.3, 0.4) is 0 Å². The number of amides is 8. The number of Topliss-reactive ketones (excluding diaryl/α,β-unsaturated/α-hetero) is 2. The Hall–Kier alpha value is -7.55. The van der Waals surface area contributed by atoms with Crippen LogP contribution >= 0.6 is 0 Å². The second-order valence-corrected chi connectivity index (χ2v) is 22.4. The van der Waals surface area contributed by atoms with E-state index in [1.165, 1.54) is 19.1 Å². The van der Waals surface area contributed by atoms with Crippen molar-refractivity contribution in [1.29, 1.82) is 0 Å². The number of benzene rings is 1. The van der Waals surface area contributed by atoms with Crippen molar-refractivity contribution in [2.45, 2.75) is 205 Å². The van der Waals surface area contributed by atoms with Gasteiger partial charge in [-0.1, -0.05) is 63.1 Å². The fourth-order valence-electron chi connectivity index (χ4n) is 9.93. The Morgan fingerprint density at radius 2 is 1.55 bits per heavy atom. The fraction of sp³-hybridized carbons (Fsp3) is 0.610. The maximum Gasteiger partial charge on any atom is 0.426 e. The smallest absolute Gasteiger partial charge is 0.426 e. The molecule has 3 heterocycles. The number of ketones is 2. The summed E-state index contributed by atoms with van der Waals surface area (Å²) in [6.45, 7) is 12.5. The van der Waals surface area contributed by atoms with Gasteiger partial charge in [0.15, 0.2) is 11.6 Å². The lowest BCUT2D eigenvalue weighted by Crippen LogP contribution is -2.54. The normalized spacial score (nSPS) is 24.2. The Labute approximate surface area is 494 Å². The molecule has 468 valence electrons. The number of rotatable bonds is 29. The van der Waals surface area contributed by atoms with E-state index in [9.17, 15) is 57.8 Å². The summed E-state index contributed by atoms with van der Waals surface area (Å²) in [6, 6.07) is 3.15. The average molecular weight is 1190 g/mol. The van der Waals surface area contributed by atoms with Gasteiger partial charge in [-0.15, -0.1) is 0 Å². The number of hydrazine groups is 1. The van der Waals surface area contributed by atoms with E-state index in [0.29, 0.717) is 50.0 Å². The number of carbonyl (C=O) groups is 11. The molecular formula is C59H84N8O18. The van der Waals surface area contributed by atoms with Gasteiger partial charge in [0.25, 0.3) is 0 Å². The van der Waals surface area contributed by atoms with E-state index in [2.05, 4.69) is 44.4 Å². The van der Waals surface area contributed by atoms with Crippen molar-refractivity contribution in [2.24, 2.45) is 17.6 Å². The SMILES string of the molecule is CC(=O)O[C@@H](C)/C=C\C(=O)N[C@@H]1C[C@H](C)[C@H](C/C=C(C)/C=C/[C@H]2O[C@H](CC(=O)NNC(=O)OCc3ccc(NC(=O)[C@H](CCCNC(N)=O)NC(=O)[C@@H](NC(=O)CCCCCC(=O)OC4C(=O)CCC4=O)C(C)C)cc3)C[C@@]3(CO3)[C@@H]2O)O[C@@H]1C. The van der Waals surface area contributed by atoms with Crippen molar-refractivity contribution in [1.82, 2.24) is 32.1 Å². The summed E-state index contributed by atoms with van der Waals surface area (Å²) in [7, 11) is 0. The van der Waals surface area contributed by atoms with E-state index < -0.39 is 107 Å². The third-order valence-corrected chi connectivity index (χ3v) is 14.8. The van der Waals surface area contributed by atoms with Crippen LogP contribution in [0.4, 0.5) is 15.3 Å². The molecule has 10 N–H and O–H groups in total. The zero-order chi connectivity index (χ0) is 62.4. The molecule has 4 fully saturated rings. The molecule has 0 bridgehead atoms. The van der Waals surface area contributed by atoms with Crippen LogP contribution in [-0.4, -0.2) is 150 Å². The highest BCUT2D eigenvalue weighted by Gasteiger charge is 2.58. The van der Waals surface area contributed by atoms with Crippen LogP contribution < -0.4 is 43.2 Å². The summed E-state index contributed by atoms with van der Waals surface area (Å²) in [4.78, 5) is 137. The number of aliphatic hydroxyl groups excluding tert-OH is 1. The molecule has 0 aromatic heterocycles. The number of hydrogen-bond acceptors (Lipinski definition) is 18. The minimum atomic E-state index is -1.33. The molecule has 1 aliphatic carbocycles. The summed E-state index contributed by atoms with van der Waals surface area (Å²) < 4.78 is 33.5. The van der Waals surface area contributed by atoms with Gasteiger partial charge < -0.3 is 65.8 Å². The summed E-state index contributed by atoms with van der Waals surface area (Å²) in [5, 5.41) is 24.8. The van der Waals surface area contributed by atoms with Crippen LogP contribution in [0.1, 0.15) is 138 Å². The lowest BCUT2D eigenvalue weighted by Gasteiger charge is -2.39. The quantitative estimate of drug-likeness (QED) is 0.00813. The van der Waals surface area contributed by atoms with Gasteiger partial charge in [-0.05, 0) is 94.9 Å². The van der Waals surface area contributed by atoms with Gasteiger partial charge in [-0.2, -0.15) is 0 Å². The monoisotopic (exact) mass is 1190 g/mol. The maximum atomic E-state index is 13.6. The lowest BCUT2D eigenvalue weighted by molar-refractivity contribution is -0.157. The zero-order valence-corrected chi connectivity index (χ0v) is 49.4. The molecule has 1 spiro atoms. The number of aliphatic hydroxyl groups is 1. The van der Waals surface area contributed by atoms with Crippen molar-refractivity contribution in [3.8, 4) is 0 Å².